The van der Waals surface area contributed by atoms with Gasteiger partial charge in [0.15, 0.2) is 0 Å². The normalized spacial score (nSPS) is 21.3. The molecule has 1 aliphatic rings. The maximum Gasteiger partial charge on any atom is 0.253 e. The van der Waals surface area contributed by atoms with Gasteiger partial charge >= 0.3 is 0 Å². The Bertz CT molecular complexity index is 548. The third-order valence-electron chi connectivity index (χ3n) is 4.27. The van der Waals surface area contributed by atoms with Crippen LogP contribution < -0.4 is 0 Å². The third-order valence-corrected chi connectivity index (χ3v) is 4.27. The highest BCUT2D eigenvalue weighted by Gasteiger charge is 2.25. The van der Waals surface area contributed by atoms with Crippen molar-refractivity contribution in [3.63, 3.8) is 0 Å². The molecule has 112 valence electrons. The molecule has 1 aromatic carbocycles. The predicted molar refractivity (Wildman–Crippen MR) is 83.9 cm³/mol. The summed E-state index contributed by atoms with van der Waals surface area (Å²) in [5, 5.41) is 8.74. The molecule has 1 saturated carbocycles. The number of carbonyl (C=O) groups is 1. The zero-order chi connectivity index (χ0) is 15.2. The van der Waals surface area contributed by atoms with E-state index in [0.29, 0.717) is 11.6 Å². The fourth-order valence-electron chi connectivity index (χ4n) is 2.87. The molecule has 0 unspecified atom stereocenters. The van der Waals surface area contributed by atoms with Crippen molar-refractivity contribution in [2.45, 2.75) is 38.6 Å². The van der Waals surface area contributed by atoms with E-state index in [1.165, 1.54) is 12.8 Å². The Morgan fingerprint density at radius 1 is 1.33 bits per heavy atom. The number of carbonyl (C=O) groups excluding carboxylic acids is 1. The predicted octanol–water partition coefficient (Wildman–Crippen LogP) is 2.68. The van der Waals surface area contributed by atoms with Crippen molar-refractivity contribution in [3.8, 4) is 11.8 Å². The van der Waals surface area contributed by atoms with E-state index >= 15 is 0 Å². The Labute approximate surface area is 127 Å². The number of aliphatic hydroxyl groups excluding tert-OH is 1. The SMILES string of the molecule is CC1CCC(N(C)C(=O)c2cccc(C#CCO)c2)CC1. The highest BCUT2D eigenvalue weighted by Crippen LogP contribution is 2.27. The van der Waals surface area contributed by atoms with Gasteiger partial charge in [0.05, 0.1) is 0 Å². The molecular weight excluding hydrogens is 262 g/mol. The number of hydrogen-bond donors (Lipinski definition) is 1. The zero-order valence-electron chi connectivity index (χ0n) is 12.8. The van der Waals surface area contributed by atoms with Crippen molar-refractivity contribution < 1.29 is 9.90 Å². The van der Waals surface area contributed by atoms with Crippen LogP contribution in [0.2, 0.25) is 0 Å². The van der Waals surface area contributed by atoms with E-state index in [0.717, 1.165) is 24.3 Å². The average Bonchev–Trinajstić information content (AvgIpc) is 2.52. The molecule has 0 bridgehead atoms. The molecule has 21 heavy (non-hydrogen) atoms. The molecule has 1 aliphatic carbocycles. The number of aliphatic hydroxyl groups is 1. The Kier molecular flexibility index (Phi) is 5.41. The van der Waals surface area contributed by atoms with Gasteiger partial charge in [-0.15, -0.1) is 0 Å². The first kappa shape index (κ1) is 15.6. The largest absolute Gasteiger partial charge is 0.384 e. The molecule has 3 nitrogen and oxygen atoms in total. The number of hydrogen-bond acceptors (Lipinski definition) is 2. The summed E-state index contributed by atoms with van der Waals surface area (Å²) >= 11 is 0. The molecule has 2 rings (SSSR count). The Morgan fingerprint density at radius 3 is 2.71 bits per heavy atom. The van der Waals surface area contributed by atoms with Gasteiger partial charge < -0.3 is 10.0 Å². The van der Waals surface area contributed by atoms with Gasteiger partial charge in [-0.1, -0.05) is 24.8 Å². The average molecular weight is 285 g/mol. The smallest absolute Gasteiger partial charge is 0.253 e. The number of nitrogens with zero attached hydrogens (tertiary/aromatic N) is 1. The zero-order valence-corrected chi connectivity index (χ0v) is 12.8. The van der Waals surface area contributed by atoms with Crippen LogP contribution in [0.5, 0.6) is 0 Å². The molecule has 0 heterocycles. The number of amides is 1. The quantitative estimate of drug-likeness (QED) is 0.849. The van der Waals surface area contributed by atoms with E-state index in [1.807, 2.05) is 30.1 Å². The van der Waals surface area contributed by atoms with E-state index in [9.17, 15) is 4.79 Å². The lowest BCUT2D eigenvalue weighted by Crippen LogP contribution is -2.39. The van der Waals surface area contributed by atoms with Gasteiger partial charge in [-0.25, -0.2) is 0 Å². The van der Waals surface area contributed by atoms with Crippen LogP contribution in [-0.2, 0) is 0 Å². The molecule has 1 amide bonds. The molecule has 1 aromatic rings. The van der Waals surface area contributed by atoms with Crippen LogP contribution in [0.1, 0.15) is 48.5 Å². The van der Waals surface area contributed by atoms with Gasteiger partial charge in [0.1, 0.15) is 6.61 Å². The summed E-state index contributed by atoms with van der Waals surface area (Å²) in [5.41, 5.74) is 1.43. The summed E-state index contributed by atoms with van der Waals surface area (Å²) in [5.74, 6) is 6.29. The number of benzene rings is 1. The van der Waals surface area contributed by atoms with Crippen molar-refractivity contribution in [2.24, 2.45) is 5.92 Å². The lowest BCUT2D eigenvalue weighted by Gasteiger charge is -2.33. The fraction of sp³-hybridized carbons (Fsp3) is 0.500. The third kappa shape index (κ3) is 4.09. The van der Waals surface area contributed by atoms with Crippen LogP contribution in [-0.4, -0.2) is 35.6 Å². The lowest BCUT2D eigenvalue weighted by molar-refractivity contribution is 0.0679. The monoisotopic (exact) mass is 285 g/mol. The highest BCUT2D eigenvalue weighted by atomic mass is 16.2. The number of rotatable bonds is 2. The lowest BCUT2D eigenvalue weighted by atomic mass is 9.86. The summed E-state index contributed by atoms with van der Waals surface area (Å²) in [6, 6.07) is 7.66. The molecule has 0 aromatic heterocycles. The van der Waals surface area contributed by atoms with Crippen molar-refractivity contribution >= 4 is 5.91 Å². The second-order valence-electron chi connectivity index (χ2n) is 5.87. The van der Waals surface area contributed by atoms with Crippen LogP contribution in [0, 0.1) is 17.8 Å². The Hall–Kier alpha value is -1.79. The molecular formula is C18H23NO2. The van der Waals surface area contributed by atoms with Gasteiger partial charge in [-0.05, 0) is 49.8 Å². The molecule has 3 heteroatoms. The van der Waals surface area contributed by atoms with Crippen LogP contribution in [0.25, 0.3) is 0 Å². The van der Waals surface area contributed by atoms with Crippen LogP contribution in [0.4, 0.5) is 0 Å². The minimum atomic E-state index is -0.168. The molecule has 0 saturated heterocycles. The van der Waals surface area contributed by atoms with Gasteiger partial charge in [0, 0.05) is 24.2 Å². The first-order valence-electron chi connectivity index (χ1n) is 7.58. The molecule has 0 aliphatic heterocycles. The summed E-state index contributed by atoms with van der Waals surface area (Å²) in [6.45, 7) is 2.11. The van der Waals surface area contributed by atoms with Crippen LogP contribution >= 0.6 is 0 Å². The van der Waals surface area contributed by atoms with E-state index in [4.69, 9.17) is 5.11 Å². The Morgan fingerprint density at radius 2 is 2.05 bits per heavy atom. The molecule has 0 spiro atoms. The maximum atomic E-state index is 12.6. The molecule has 0 atom stereocenters. The van der Waals surface area contributed by atoms with Gasteiger partial charge in [-0.3, -0.25) is 4.79 Å². The minimum Gasteiger partial charge on any atom is -0.384 e. The Balaban J connectivity index is 2.08. The van der Waals surface area contributed by atoms with Gasteiger partial charge in [0.25, 0.3) is 5.91 Å². The standard InChI is InChI=1S/C18H23NO2/c1-14-8-10-17(11-9-14)19(2)18(21)16-7-3-5-15(13-16)6-4-12-20/h3,5,7,13-14,17,20H,8-12H2,1-2H3. The van der Waals surface area contributed by atoms with E-state index < -0.39 is 0 Å². The summed E-state index contributed by atoms with van der Waals surface area (Å²) in [7, 11) is 1.90. The van der Waals surface area contributed by atoms with Crippen molar-refractivity contribution in [3.05, 3.63) is 35.4 Å². The van der Waals surface area contributed by atoms with Crippen LogP contribution in [0.3, 0.4) is 0 Å². The maximum absolute atomic E-state index is 12.6. The highest BCUT2D eigenvalue weighted by molar-refractivity contribution is 5.94. The second kappa shape index (κ2) is 7.28. The van der Waals surface area contributed by atoms with E-state index in [2.05, 4.69) is 18.8 Å². The fourth-order valence-corrected chi connectivity index (χ4v) is 2.87. The first-order chi connectivity index (χ1) is 10.1. The topological polar surface area (TPSA) is 40.5 Å². The molecule has 1 fully saturated rings. The van der Waals surface area contributed by atoms with Crippen molar-refractivity contribution in [1.82, 2.24) is 4.90 Å². The van der Waals surface area contributed by atoms with Crippen molar-refractivity contribution in [1.29, 1.82) is 0 Å². The molecule has 0 radical (unpaired) electrons. The molecule has 1 N–H and O–H groups in total. The minimum absolute atomic E-state index is 0.0576. The van der Waals surface area contributed by atoms with Crippen molar-refractivity contribution in [2.75, 3.05) is 13.7 Å². The second-order valence-corrected chi connectivity index (χ2v) is 5.87. The van der Waals surface area contributed by atoms with Gasteiger partial charge in [0.2, 0.25) is 0 Å². The summed E-state index contributed by atoms with van der Waals surface area (Å²) < 4.78 is 0. The van der Waals surface area contributed by atoms with Crippen LogP contribution in [0.15, 0.2) is 24.3 Å². The van der Waals surface area contributed by atoms with E-state index in [-0.39, 0.29) is 12.5 Å². The van der Waals surface area contributed by atoms with Gasteiger partial charge in [-0.2, -0.15) is 0 Å². The summed E-state index contributed by atoms with van der Waals surface area (Å²) in [4.78, 5) is 14.5. The first-order valence-corrected chi connectivity index (χ1v) is 7.58. The summed E-state index contributed by atoms with van der Waals surface area (Å²) in [6.07, 6.45) is 4.58. The van der Waals surface area contributed by atoms with E-state index in [1.54, 1.807) is 6.07 Å².